The summed E-state index contributed by atoms with van der Waals surface area (Å²) < 4.78 is 0. The normalized spacial score (nSPS) is 12.5. The van der Waals surface area contributed by atoms with Crippen LogP contribution < -0.4 is 4.90 Å². The fourth-order valence-electron chi connectivity index (χ4n) is 2.76. The third-order valence-corrected chi connectivity index (χ3v) is 4.64. The van der Waals surface area contributed by atoms with Crippen LogP contribution in [-0.2, 0) is 0 Å². The lowest BCUT2D eigenvalue weighted by molar-refractivity contribution is 0.302. The van der Waals surface area contributed by atoms with Crippen LogP contribution in [0.3, 0.4) is 0 Å². The third kappa shape index (κ3) is 5.13. The summed E-state index contributed by atoms with van der Waals surface area (Å²) in [5.41, 5.74) is 5.26. The molecule has 134 valence electrons. The standard InChI is InChI=1S/C21H29N3O/c1-5-16(3)18-7-9-19(10-8-18)22-23-21-12-11-20(15-17(21)4)24(6-2)13-14-25/h7-12,15-16,25H,5-6,13-14H2,1-4H3. The maximum atomic E-state index is 9.16. The van der Waals surface area contributed by atoms with Gasteiger partial charge in [0.2, 0.25) is 0 Å². The lowest BCUT2D eigenvalue weighted by Crippen LogP contribution is -2.26. The molecule has 2 rings (SSSR count). The number of rotatable bonds is 8. The Bertz CT molecular complexity index is 695. The fourth-order valence-corrected chi connectivity index (χ4v) is 2.76. The number of aliphatic hydroxyl groups excluding tert-OH is 1. The Morgan fingerprint density at radius 1 is 1.04 bits per heavy atom. The zero-order chi connectivity index (χ0) is 18.2. The molecule has 1 unspecified atom stereocenters. The van der Waals surface area contributed by atoms with Gasteiger partial charge in [-0.3, -0.25) is 0 Å². The largest absolute Gasteiger partial charge is 0.395 e. The van der Waals surface area contributed by atoms with Crippen LogP contribution >= 0.6 is 0 Å². The van der Waals surface area contributed by atoms with Gasteiger partial charge in [-0.25, -0.2) is 0 Å². The highest BCUT2D eigenvalue weighted by Gasteiger charge is 2.06. The number of nitrogens with zero attached hydrogens (tertiary/aromatic N) is 3. The van der Waals surface area contributed by atoms with Gasteiger partial charge in [0.05, 0.1) is 18.0 Å². The van der Waals surface area contributed by atoms with E-state index in [9.17, 15) is 0 Å². The summed E-state index contributed by atoms with van der Waals surface area (Å²) in [6.07, 6.45) is 1.14. The van der Waals surface area contributed by atoms with Crippen molar-refractivity contribution in [1.82, 2.24) is 0 Å². The van der Waals surface area contributed by atoms with Crippen LogP contribution in [-0.4, -0.2) is 24.8 Å². The van der Waals surface area contributed by atoms with Crippen LogP contribution in [0, 0.1) is 6.92 Å². The smallest absolute Gasteiger partial charge is 0.0887 e. The van der Waals surface area contributed by atoms with E-state index in [0.29, 0.717) is 12.5 Å². The molecule has 2 aromatic carbocycles. The summed E-state index contributed by atoms with van der Waals surface area (Å²) in [4.78, 5) is 2.14. The average Bonchev–Trinajstić information content (AvgIpc) is 2.65. The number of benzene rings is 2. The summed E-state index contributed by atoms with van der Waals surface area (Å²) >= 11 is 0. The molecule has 0 aliphatic rings. The van der Waals surface area contributed by atoms with Gasteiger partial charge < -0.3 is 10.0 Å². The van der Waals surface area contributed by atoms with E-state index in [1.54, 1.807) is 0 Å². The third-order valence-electron chi connectivity index (χ3n) is 4.64. The van der Waals surface area contributed by atoms with Gasteiger partial charge in [0.15, 0.2) is 0 Å². The Balaban J connectivity index is 2.13. The summed E-state index contributed by atoms with van der Waals surface area (Å²) in [7, 11) is 0. The summed E-state index contributed by atoms with van der Waals surface area (Å²) in [6, 6.07) is 14.4. The average molecular weight is 339 g/mol. The first kappa shape index (κ1) is 19.1. The molecule has 4 nitrogen and oxygen atoms in total. The molecule has 0 aromatic heterocycles. The van der Waals surface area contributed by atoms with Crippen molar-refractivity contribution in [2.75, 3.05) is 24.6 Å². The van der Waals surface area contributed by atoms with Crippen molar-refractivity contribution >= 4 is 17.1 Å². The molecule has 0 radical (unpaired) electrons. The molecular weight excluding hydrogens is 310 g/mol. The number of aliphatic hydroxyl groups is 1. The Kier molecular flexibility index (Phi) is 7.14. The molecule has 0 saturated heterocycles. The van der Waals surface area contributed by atoms with Gasteiger partial charge in [0.25, 0.3) is 0 Å². The van der Waals surface area contributed by atoms with Crippen LogP contribution in [0.4, 0.5) is 17.1 Å². The van der Waals surface area contributed by atoms with Crippen molar-refractivity contribution in [3.8, 4) is 0 Å². The highest BCUT2D eigenvalue weighted by Crippen LogP contribution is 2.27. The molecule has 0 aliphatic heterocycles. The van der Waals surface area contributed by atoms with E-state index in [2.05, 4.69) is 54.1 Å². The Morgan fingerprint density at radius 3 is 2.32 bits per heavy atom. The number of anilines is 1. The molecule has 2 aromatic rings. The minimum atomic E-state index is 0.154. The second-order valence-corrected chi connectivity index (χ2v) is 6.37. The van der Waals surface area contributed by atoms with Crippen LogP contribution in [0.15, 0.2) is 52.7 Å². The minimum Gasteiger partial charge on any atom is -0.395 e. The Morgan fingerprint density at radius 2 is 1.76 bits per heavy atom. The predicted molar refractivity (Wildman–Crippen MR) is 105 cm³/mol. The first-order chi connectivity index (χ1) is 12.1. The van der Waals surface area contributed by atoms with Crippen LogP contribution in [0.5, 0.6) is 0 Å². The van der Waals surface area contributed by atoms with E-state index >= 15 is 0 Å². The monoisotopic (exact) mass is 339 g/mol. The maximum Gasteiger partial charge on any atom is 0.0887 e. The second kappa shape index (κ2) is 9.33. The Labute approximate surface area is 151 Å². The highest BCUT2D eigenvalue weighted by atomic mass is 16.3. The number of aryl methyl sites for hydroxylation is 1. The topological polar surface area (TPSA) is 48.2 Å². The summed E-state index contributed by atoms with van der Waals surface area (Å²) in [6.45, 7) is 10.2. The molecule has 25 heavy (non-hydrogen) atoms. The fraction of sp³-hybridized carbons (Fsp3) is 0.429. The first-order valence-electron chi connectivity index (χ1n) is 9.07. The van der Waals surface area contributed by atoms with E-state index in [-0.39, 0.29) is 6.61 Å². The molecule has 0 aliphatic carbocycles. The molecule has 4 heteroatoms. The number of hydrogen-bond donors (Lipinski definition) is 1. The molecule has 0 amide bonds. The van der Waals surface area contributed by atoms with Crippen molar-refractivity contribution in [3.05, 3.63) is 53.6 Å². The van der Waals surface area contributed by atoms with Gasteiger partial charge in [0, 0.05) is 18.8 Å². The van der Waals surface area contributed by atoms with Crippen LogP contribution in [0.25, 0.3) is 0 Å². The van der Waals surface area contributed by atoms with E-state index in [1.165, 1.54) is 5.56 Å². The Hall–Kier alpha value is -2.20. The van der Waals surface area contributed by atoms with Gasteiger partial charge in [-0.05, 0) is 67.6 Å². The molecule has 0 fully saturated rings. The summed E-state index contributed by atoms with van der Waals surface area (Å²) in [5.74, 6) is 0.571. The highest BCUT2D eigenvalue weighted by molar-refractivity contribution is 5.57. The van der Waals surface area contributed by atoms with Gasteiger partial charge in [-0.2, -0.15) is 10.2 Å². The number of azo groups is 1. The first-order valence-corrected chi connectivity index (χ1v) is 9.07. The van der Waals surface area contributed by atoms with Gasteiger partial charge in [-0.15, -0.1) is 0 Å². The van der Waals surface area contributed by atoms with E-state index in [4.69, 9.17) is 5.11 Å². The van der Waals surface area contributed by atoms with E-state index in [0.717, 1.165) is 35.6 Å². The number of hydrogen-bond acceptors (Lipinski definition) is 4. The SMILES string of the molecule is CCC(C)c1ccc(N=Nc2ccc(N(CC)CCO)cc2C)cc1. The zero-order valence-electron chi connectivity index (χ0n) is 15.7. The van der Waals surface area contributed by atoms with E-state index in [1.807, 2.05) is 31.2 Å². The van der Waals surface area contributed by atoms with Crippen molar-refractivity contribution in [1.29, 1.82) is 0 Å². The molecule has 0 bridgehead atoms. The lowest BCUT2D eigenvalue weighted by Gasteiger charge is -2.22. The van der Waals surface area contributed by atoms with Gasteiger partial charge >= 0.3 is 0 Å². The molecule has 0 saturated carbocycles. The quantitative estimate of drug-likeness (QED) is 0.623. The second-order valence-electron chi connectivity index (χ2n) is 6.37. The van der Waals surface area contributed by atoms with Crippen molar-refractivity contribution in [2.45, 2.75) is 40.0 Å². The van der Waals surface area contributed by atoms with Crippen molar-refractivity contribution < 1.29 is 5.11 Å². The zero-order valence-corrected chi connectivity index (χ0v) is 15.7. The van der Waals surface area contributed by atoms with Crippen molar-refractivity contribution in [3.63, 3.8) is 0 Å². The molecule has 0 heterocycles. The van der Waals surface area contributed by atoms with Gasteiger partial charge in [0.1, 0.15) is 0 Å². The predicted octanol–water partition coefficient (Wildman–Crippen LogP) is 5.74. The molecule has 1 atom stereocenters. The van der Waals surface area contributed by atoms with Gasteiger partial charge in [-0.1, -0.05) is 26.0 Å². The minimum absolute atomic E-state index is 0.154. The van der Waals surface area contributed by atoms with Crippen LogP contribution in [0.2, 0.25) is 0 Å². The molecule has 0 spiro atoms. The molecule has 1 N–H and O–H groups in total. The lowest BCUT2D eigenvalue weighted by atomic mass is 9.99. The maximum absolute atomic E-state index is 9.16. The molecular formula is C21H29N3O. The van der Waals surface area contributed by atoms with E-state index < -0.39 is 0 Å². The van der Waals surface area contributed by atoms with Crippen molar-refractivity contribution in [2.24, 2.45) is 10.2 Å². The number of likely N-dealkylation sites (N-methyl/N-ethyl adjacent to an activating group) is 1. The van der Waals surface area contributed by atoms with Crippen LogP contribution in [0.1, 0.15) is 44.2 Å². The summed E-state index contributed by atoms with van der Waals surface area (Å²) in [5, 5.41) is 17.9.